The van der Waals surface area contributed by atoms with Crippen LogP contribution in [0, 0.1) is 0 Å². The van der Waals surface area contributed by atoms with Gasteiger partial charge >= 0.3 is 0 Å². The molecule has 0 saturated heterocycles. The van der Waals surface area contributed by atoms with Crippen molar-refractivity contribution in [1.29, 1.82) is 0 Å². The molecular weight excluding hydrogens is 408 g/mol. The third-order valence-corrected chi connectivity index (χ3v) is 4.70. The normalized spacial score (nSPS) is 9.50. The number of isocyanates is 4. The second-order valence-corrected chi connectivity index (χ2v) is 6.54. The monoisotopic (exact) mass is 422 g/mol. The van der Waals surface area contributed by atoms with Gasteiger partial charge in [-0.05, 0) is 46.9 Å². The SMILES string of the molecule is O=C=Nc1ccc(Cc2c(Cc3ccccc3)ccc(N=C=O)c2N=C=O)c(N=C=O)c1. The largest absolute Gasteiger partial charge is 0.240 e. The van der Waals surface area contributed by atoms with Crippen LogP contribution < -0.4 is 0 Å². The molecule has 0 unspecified atom stereocenters. The maximum absolute atomic E-state index is 11.1. The summed E-state index contributed by atoms with van der Waals surface area (Å²) < 4.78 is 0. The molecule has 8 heteroatoms. The number of aliphatic imine (C=N–C) groups is 4. The number of nitrogens with zero attached hydrogens (tertiary/aromatic N) is 4. The van der Waals surface area contributed by atoms with Crippen molar-refractivity contribution in [3.8, 4) is 0 Å². The standard InChI is InChI=1S/C24H14N4O4/c29-13-25-20-8-6-19(23(12-20)27-15-31)11-21-18(10-17-4-2-1-3-5-17)7-9-22(26-14-30)24(21)28-16-32/h1-9,12H,10-11H2. The van der Waals surface area contributed by atoms with Crippen LogP contribution in [0.3, 0.4) is 0 Å². The molecule has 0 bridgehead atoms. The Morgan fingerprint density at radius 2 is 1.25 bits per heavy atom. The predicted molar refractivity (Wildman–Crippen MR) is 116 cm³/mol. The molecule has 8 nitrogen and oxygen atoms in total. The molecule has 32 heavy (non-hydrogen) atoms. The van der Waals surface area contributed by atoms with Crippen LogP contribution in [0.5, 0.6) is 0 Å². The van der Waals surface area contributed by atoms with E-state index in [-0.39, 0.29) is 29.2 Å². The fourth-order valence-electron chi connectivity index (χ4n) is 3.32. The van der Waals surface area contributed by atoms with Gasteiger partial charge in [0.25, 0.3) is 0 Å². The molecule has 0 aromatic heterocycles. The topological polar surface area (TPSA) is 118 Å². The fourth-order valence-corrected chi connectivity index (χ4v) is 3.32. The maximum atomic E-state index is 11.1. The Morgan fingerprint density at radius 1 is 0.594 bits per heavy atom. The molecule has 3 rings (SSSR count). The molecular formula is C24H14N4O4. The van der Waals surface area contributed by atoms with Gasteiger partial charge in [-0.2, -0.15) is 20.0 Å². The average molecular weight is 422 g/mol. The molecule has 0 aliphatic rings. The molecule has 0 amide bonds. The zero-order valence-corrected chi connectivity index (χ0v) is 16.6. The summed E-state index contributed by atoms with van der Waals surface area (Å²) in [4.78, 5) is 58.2. The molecule has 3 aromatic carbocycles. The van der Waals surface area contributed by atoms with E-state index in [1.165, 1.54) is 30.4 Å². The van der Waals surface area contributed by atoms with E-state index in [0.717, 1.165) is 11.1 Å². The van der Waals surface area contributed by atoms with Crippen molar-refractivity contribution < 1.29 is 19.2 Å². The summed E-state index contributed by atoms with van der Waals surface area (Å²) in [5, 5.41) is 0. The lowest BCUT2D eigenvalue weighted by atomic mass is 9.92. The first kappa shape index (κ1) is 21.9. The Balaban J connectivity index is 2.21. The Morgan fingerprint density at radius 3 is 1.94 bits per heavy atom. The highest BCUT2D eigenvalue weighted by Gasteiger charge is 2.16. The Bertz CT molecular complexity index is 1340. The Labute approximate surface area is 182 Å². The van der Waals surface area contributed by atoms with Gasteiger partial charge in [0.1, 0.15) is 11.4 Å². The van der Waals surface area contributed by atoms with Crippen LogP contribution in [0.1, 0.15) is 22.3 Å². The molecule has 0 spiro atoms. The Hall–Kier alpha value is -4.82. The summed E-state index contributed by atoms with van der Waals surface area (Å²) in [6.45, 7) is 0. The smallest absolute Gasteiger partial charge is 0.211 e. The number of benzene rings is 3. The van der Waals surface area contributed by atoms with E-state index in [4.69, 9.17) is 0 Å². The molecule has 0 fully saturated rings. The first-order chi connectivity index (χ1) is 15.7. The van der Waals surface area contributed by atoms with Crippen molar-refractivity contribution in [2.24, 2.45) is 20.0 Å². The summed E-state index contributed by atoms with van der Waals surface area (Å²) >= 11 is 0. The van der Waals surface area contributed by atoms with Crippen LogP contribution in [0.15, 0.2) is 80.6 Å². The van der Waals surface area contributed by atoms with E-state index in [2.05, 4.69) is 20.0 Å². The van der Waals surface area contributed by atoms with Gasteiger partial charge in [0.05, 0.1) is 11.4 Å². The third kappa shape index (κ3) is 5.21. The van der Waals surface area contributed by atoms with Gasteiger partial charge < -0.3 is 0 Å². The van der Waals surface area contributed by atoms with Crippen LogP contribution >= 0.6 is 0 Å². The molecule has 0 N–H and O–H groups in total. The van der Waals surface area contributed by atoms with Gasteiger partial charge in [-0.3, -0.25) is 0 Å². The number of hydrogen-bond acceptors (Lipinski definition) is 8. The summed E-state index contributed by atoms with van der Waals surface area (Å²) in [5.74, 6) is 0. The highest BCUT2D eigenvalue weighted by molar-refractivity contribution is 5.75. The van der Waals surface area contributed by atoms with Crippen LogP contribution in [0.25, 0.3) is 0 Å². The third-order valence-electron chi connectivity index (χ3n) is 4.70. The van der Waals surface area contributed by atoms with Crippen LogP contribution in [-0.2, 0) is 32.0 Å². The van der Waals surface area contributed by atoms with Gasteiger partial charge in [0.2, 0.25) is 24.3 Å². The van der Waals surface area contributed by atoms with E-state index < -0.39 is 0 Å². The molecule has 3 aromatic rings. The van der Waals surface area contributed by atoms with E-state index in [0.29, 0.717) is 17.5 Å². The van der Waals surface area contributed by atoms with E-state index >= 15 is 0 Å². The summed E-state index contributed by atoms with van der Waals surface area (Å²) in [5.41, 5.74) is 3.88. The minimum Gasteiger partial charge on any atom is -0.211 e. The molecule has 0 saturated carbocycles. The Kier molecular flexibility index (Phi) is 7.39. The first-order valence-electron chi connectivity index (χ1n) is 9.33. The molecule has 0 aliphatic heterocycles. The summed E-state index contributed by atoms with van der Waals surface area (Å²) in [6, 6.07) is 17.7. The maximum Gasteiger partial charge on any atom is 0.240 e. The van der Waals surface area contributed by atoms with Crippen LogP contribution in [0.4, 0.5) is 22.7 Å². The minimum absolute atomic E-state index is 0.165. The summed E-state index contributed by atoms with van der Waals surface area (Å²) in [7, 11) is 0. The highest BCUT2D eigenvalue weighted by Crippen LogP contribution is 2.38. The zero-order valence-electron chi connectivity index (χ0n) is 16.6. The zero-order chi connectivity index (χ0) is 22.8. The van der Waals surface area contributed by atoms with Crippen molar-refractivity contribution >= 4 is 47.1 Å². The highest BCUT2D eigenvalue weighted by atomic mass is 16.1. The minimum atomic E-state index is 0.165. The lowest BCUT2D eigenvalue weighted by Gasteiger charge is -2.15. The summed E-state index contributed by atoms with van der Waals surface area (Å²) in [6.07, 6.45) is 6.60. The van der Waals surface area contributed by atoms with E-state index in [9.17, 15) is 19.2 Å². The van der Waals surface area contributed by atoms with Crippen molar-refractivity contribution in [3.63, 3.8) is 0 Å². The van der Waals surface area contributed by atoms with E-state index in [1.54, 1.807) is 24.3 Å². The molecule has 0 heterocycles. The lowest BCUT2D eigenvalue weighted by molar-refractivity contribution is 0.564. The molecule has 154 valence electrons. The van der Waals surface area contributed by atoms with E-state index in [1.807, 2.05) is 30.3 Å². The van der Waals surface area contributed by atoms with Crippen molar-refractivity contribution in [3.05, 3.63) is 82.9 Å². The van der Waals surface area contributed by atoms with Crippen LogP contribution in [0.2, 0.25) is 0 Å². The quantitative estimate of drug-likeness (QED) is 0.385. The van der Waals surface area contributed by atoms with Gasteiger partial charge in [-0.25, -0.2) is 19.2 Å². The predicted octanol–water partition coefficient (Wildman–Crippen LogP) is 4.74. The molecule has 0 aliphatic carbocycles. The molecule has 0 atom stereocenters. The average Bonchev–Trinajstić information content (AvgIpc) is 2.80. The van der Waals surface area contributed by atoms with Gasteiger partial charge in [-0.1, -0.05) is 42.5 Å². The lowest BCUT2D eigenvalue weighted by Crippen LogP contribution is -1.99. The number of hydrogen-bond donors (Lipinski definition) is 0. The van der Waals surface area contributed by atoms with Crippen molar-refractivity contribution in [2.75, 3.05) is 0 Å². The van der Waals surface area contributed by atoms with Gasteiger partial charge in [0.15, 0.2) is 0 Å². The second-order valence-electron chi connectivity index (χ2n) is 6.54. The van der Waals surface area contributed by atoms with Crippen molar-refractivity contribution in [1.82, 2.24) is 0 Å². The first-order valence-corrected chi connectivity index (χ1v) is 9.33. The van der Waals surface area contributed by atoms with Gasteiger partial charge in [0, 0.05) is 6.42 Å². The fraction of sp³-hybridized carbons (Fsp3) is 0.0833. The van der Waals surface area contributed by atoms with Crippen LogP contribution in [-0.4, -0.2) is 24.3 Å². The van der Waals surface area contributed by atoms with Crippen molar-refractivity contribution in [2.45, 2.75) is 12.8 Å². The second kappa shape index (κ2) is 10.8. The molecule has 0 radical (unpaired) electrons. The van der Waals surface area contributed by atoms with Gasteiger partial charge in [-0.15, -0.1) is 0 Å². The number of carbonyl (C=O) groups excluding carboxylic acids is 4. The number of rotatable bonds is 8.